The Morgan fingerprint density at radius 2 is 2.00 bits per heavy atom. The number of ketones is 1. The number of carboxylic acid groups (broad SMARTS) is 1. The number of rotatable bonds is 1. The molecule has 2 aromatic heterocycles. The number of hydrogen-bond acceptors (Lipinski definition) is 4. The highest BCUT2D eigenvalue weighted by molar-refractivity contribution is 7.13. The molecule has 90 valence electrons. The van der Waals surface area contributed by atoms with E-state index in [0.717, 1.165) is 5.56 Å². The first kappa shape index (κ1) is 11.1. The van der Waals surface area contributed by atoms with Crippen LogP contribution in [0.4, 0.5) is 0 Å². The van der Waals surface area contributed by atoms with Crippen LogP contribution in [-0.2, 0) is 0 Å². The van der Waals surface area contributed by atoms with Crippen molar-refractivity contribution < 1.29 is 14.7 Å². The largest absolute Gasteiger partial charge is 0.478 e. The minimum atomic E-state index is -1.04. The van der Waals surface area contributed by atoms with Crippen LogP contribution in [0, 0.1) is 13.8 Å². The molecule has 0 amide bonds. The molecule has 1 aliphatic rings. The molecule has 3 rings (SSSR count). The minimum Gasteiger partial charge on any atom is -0.478 e. The van der Waals surface area contributed by atoms with Gasteiger partial charge in [0, 0.05) is 16.8 Å². The predicted octanol–water partition coefficient (Wildman–Crippen LogP) is 2.67. The Morgan fingerprint density at radius 1 is 1.28 bits per heavy atom. The lowest BCUT2D eigenvalue weighted by Gasteiger charge is -2.09. The van der Waals surface area contributed by atoms with Crippen LogP contribution in [-0.4, -0.2) is 21.8 Å². The first-order chi connectivity index (χ1) is 8.52. The van der Waals surface area contributed by atoms with Crippen LogP contribution in [0.25, 0.3) is 11.1 Å². The molecule has 0 saturated heterocycles. The fourth-order valence-corrected chi connectivity index (χ4v) is 3.30. The highest BCUT2D eigenvalue weighted by Gasteiger charge is 2.35. The van der Waals surface area contributed by atoms with Crippen molar-refractivity contribution in [3.8, 4) is 11.1 Å². The molecule has 5 heteroatoms. The first-order valence-corrected chi connectivity index (χ1v) is 6.27. The van der Waals surface area contributed by atoms with Crippen molar-refractivity contribution in [3.63, 3.8) is 0 Å². The van der Waals surface area contributed by atoms with Crippen molar-refractivity contribution in [2.75, 3.05) is 0 Å². The molecule has 0 saturated carbocycles. The zero-order chi connectivity index (χ0) is 13.0. The van der Waals surface area contributed by atoms with Crippen LogP contribution >= 0.6 is 11.3 Å². The lowest BCUT2D eigenvalue weighted by molar-refractivity contribution is 0.0696. The molecule has 1 aliphatic carbocycles. The van der Waals surface area contributed by atoms with Gasteiger partial charge in [0.25, 0.3) is 0 Å². The maximum Gasteiger partial charge on any atom is 0.338 e. The second-order valence-electron chi connectivity index (χ2n) is 4.21. The van der Waals surface area contributed by atoms with Crippen LogP contribution in [0.2, 0.25) is 0 Å². The van der Waals surface area contributed by atoms with Crippen LogP contribution in [0.3, 0.4) is 0 Å². The third-order valence-electron chi connectivity index (χ3n) is 3.14. The molecule has 2 heterocycles. The number of aromatic carboxylic acids is 1. The summed E-state index contributed by atoms with van der Waals surface area (Å²) in [5.74, 6) is -1.15. The Labute approximate surface area is 107 Å². The number of carbonyl (C=O) groups is 2. The second-order valence-corrected chi connectivity index (χ2v) is 5.12. The molecule has 4 nitrogen and oxygen atoms in total. The van der Waals surface area contributed by atoms with E-state index in [4.69, 9.17) is 0 Å². The van der Waals surface area contributed by atoms with Gasteiger partial charge in [-0.1, -0.05) is 0 Å². The summed E-state index contributed by atoms with van der Waals surface area (Å²) < 4.78 is 0. The van der Waals surface area contributed by atoms with E-state index in [1.165, 1.54) is 11.3 Å². The Hall–Kier alpha value is -2.01. The Kier molecular flexibility index (Phi) is 2.15. The number of hydrogen-bond donors (Lipinski definition) is 1. The topological polar surface area (TPSA) is 67.3 Å². The van der Waals surface area contributed by atoms with Crippen molar-refractivity contribution in [3.05, 3.63) is 38.8 Å². The van der Waals surface area contributed by atoms with Crippen molar-refractivity contribution in [1.82, 2.24) is 4.98 Å². The van der Waals surface area contributed by atoms with E-state index in [-0.39, 0.29) is 11.3 Å². The summed E-state index contributed by atoms with van der Waals surface area (Å²) in [5, 5.41) is 11.1. The third kappa shape index (κ3) is 1.22. The summed E-state index contributed by atoms with van der Waals surface area (Å²) >= 11 is 1.34. The molecule has 0 unspecified atom stereocenters. The van der Waals surface area contributed by atoms with Crippen molar-refractivity contribution >= 4 is 23.1 Å². The summed E-state index contributed by atoms with van der Waals surface area (Å²) in [5.41, 5.74) is 2.90. The van der Waals surface area contributed by atoms with Gasteiger partial charge in [-0.2, -0.15) is 0 Å². The van der Waals surface area contributed by atoms with E-state index < -0.39 is 5.97 Å². The number of nitrogens with zero attached hydrogens (tertiary/aromatic N) is 1. The van der Waals surface area contributed by atoms with Crippen molar-refractivity contribution in [1.29, 1.82) is 0 Å². The van der Waals surface area contributed by atoms with Crippen LogP contribution in [0.15, 0.2) is 11.4 Å². The standard InChI is InChI=1S/C13H9NO3S/c1-5-8-10(9(13(16)17)6(2)14-5)7-3-4-18-12(7)11(8)15/h3-4H,1-2H3,(H,16,17). The van der Waals surface area contributed by atoms with E-state index in [0.29, 0.717) is 27.4 Å². The van der Waals surface area contributed by atoms with Gasteiger partial charge in [-0.3, -0.25) is 9.78 Å². The van der Waals surface area contributed by atoms with Gasteiger partial charge >= 0.3 is 5.97 Å². The van der Waals surface area contributed by atoms with Crippen LogP contribution in [0.5, 0.6) is 0 Å². The summed E-state index contributed by atoms with van der Waals surface area (Å²) in [7, 11) is 0. The number of carboxylic acids is 1. The summed E-state index contributed by atoms with van der Waals surface area (Å²) in [6.45, 7) is 3.40. The average Bonchev–Trinajstić information content (AvgIpc) is 2.82. The van der Waals surface area contributed by atoms with Gasteiger partial charge in [0.1, 0.15) is 0 Å². The summed E-state index contributed by atoms with van der Waals surface area (Å²) in [6, 6.07) is 1.80. The predicted molar refractivity (Wildman–Crippen MR) is 67.4 cm³/mol. The molecule has 2 aromatic rings. The quantitative estimate of drug-likeness (QED) is 0.729. The fraction of sp³-hybridized carbons (Fsp3) is 0.154. The zero-order valence-corrected chi connectivity index (χ0v) is 10.6. The maximum absolute atomic E-state index is 12.2. The van der Waals surface area contributed by atoms with Gasteiger partial charge in [-0.05, 0) is 25.3 Å². The molecule has 0 aliphatic heterocycles. The highest BCUT2D eigenvalue weighted by atomic mass is 32.1. The van der Waals surface area contributed by atoms with Gasteiger partial charge in [-0.15, -0.1) is 11.3 Å². The number of aromatic nitrogens is 1. The normalized spacial score (nSPS) is 12.4. The minimum absolute atomic E-state index is 0.109. The molecule has 0 bridgehead atoms. The van der Waals surface area contributed by atoms with Gasteiger partial charge in [0.2, 0.25) is 5.78 Å². The third-order valence-corrected chi connectivity index (χ3v) is 4.05. The number of pyridine rings is 1. The maximum atomic E-state index is 12.2. The summed E-state index contributed by atoms with van der Waals surface area (Å²) in [4.78, 5) is 28.4. The molecular formula is C13H9NO3S. The van der Waals surface area contributed by atoms with E-state index >= 15 is 0 Å². The monoisotopic (exact) mass is 259 g/mol. The van der Waals surface area contributed by atoms with Crippen LogP contribution < -0.4 is 0 Å². The smallest absolute Gasteiger partial charge is 0.338 e. The lowest BCUT2D eigenvalue weighted by atomic mass is 9.98. The Balaban J connectivity index is 2.50. The van der Waals surface area contributed by atoms with Gasteiger partial charge in [0.05, 0.1) is 21.7 Å². The number of aryl methyl sites for hydroxylation is 2. The number of thiophene rings is 1. The van der Waals surface area contributed by atoms with E-state index in [9.17, 15) is 14.7 Å². The molecule has 0 spiro atoms. The molecule has 0 radical (unpaired) electrons. The van der Waals surface area contributed by atoms with Gasteiger partial charge in [-0.25, -0.2) is 4.79 Å². The number of fused-ring (bicyclic) bond motifs is 3. The van der Waals surface area contributed by atoms with E-state index in [1.807, 2.05) is 5.38 Å². The van der Waals surface area contributed by atoms with Crippen LogP contribution in [0.1, 0.15) is 37.0 Å². The number of carbonyl (C=O) groups excluding carboxylic acids is 1. The second kappa shape index (κ2) is 3.49. The first-order valence-electron chi connectivity index (χ1n) is 5.39. The summed E-state index contributed by atoms with van der Waals surface area (Å²) in [6.07, 6.45) is 0. The van der Waals surface area contributed by atoms with Crippen molar-refractivity contribution in [2.45, 2.75) is 13.8 Å². The van der Waals surface area contributed by atoms with E-state index in [1.54, 1.807) is 19.9 Å². The van der Waals surface area contributed by atoms with Crippen molar-refractivity contribution in [2.24, 2.45) is 0 Å². The van der Waals surface area contributed by atoms with E-state index in [2.05, 4.69) is 4.98 Å². The molecule has 0 fully saturated rings. The van der Waals surface area contributed by atoms with Gasteiger partial charge < -0.3 is 5.11 Å². The molecule has 1 N–H and O–H groups in total. The van der Waals surface area contributed by atoms with Gasteiger partial charge in [0.15, 0.2) is 0 Å². The Bertz CT molecular complexity index is 715. The highest BCUT2D eigenvalue weighted by Crippen LogP contribution is 2.43. The zero-order valence-electron chi connectivity index (χ0n) is 9.77. The fourth-order valence-electron chi connectivity index (χ4n) is 2.45. The molecule has 18 heavy (non-hydrogen) atoms. The molecular weight excluding hydrogens is 250 g/mol. The Morgan fingerprint density at radius 3 is 2.67 bits per heavy atom. The average molecular weight is 259 g/mol. The SMILES string of the molecule is Cc1nc(C)c2c(c1C(=O)O)-c1ccsc1C2=O. The molecule has 0 aromatic carbocycles. The lowest BCUT2D eigenvalue weighted by Crippen LogP contribution is -2.09. The molecule has 0 atom stereocenters.